The smallest absolute Gasteiger partial charge is 0.252 e. The number of rotatable bonds is 4. The number of hydrogen-bond donors (Lipinski definition) is 3. The first kappa shape index (κ1) is 21.6. The minimum Gasteiger partial charge on any atom is -0.457 e. The summed E-state index contributed by atoms with van der Waals surface area (Å²) < 4.78 is 11.4. The second kappa shape index (κ2) is 8.41. The van der Waals surface area contributed by atoms with Crippen LogP contribution in [0.15, 0.2) is 60.9 Å². The number of amides is 1. The maximum absolute atomic E-state index is 13.6. The maximum atomic E-state index is 13.6. The van der Waals surface area contributed by atoms with Crippen molar-refractivity contribution in [2.45, 2.75) is 18.4 Å². The summed E-state index contributed by atoms with van der Waals surface area (Å²) in [4.78, 5) is 34.0. The molecule has 1 spiro atoms. The molecule has 1 fully saturated rings. The number of ether oxygens (including phenoxy) is 2. The summed E-state index contributed by atoms with van der Waals surface area (Å²) in [7, 11) is 0. The number of halogens is 1. The average Bonchev–Trinajstić information content (AvgIpc) is 3.31. The molecule has 8 nitrogen and oxygen atoms in total. The number of para-hydroxylation sites is 1. The molecule has 0 aliphatic carbocycles. The van der Waals surface area contributed by atoms with E-state index in [-0.39, 0.29) is 23.3 Å². The minimum absolute atomic E-state index is 0.161. The highest BCUT2D eigenvalue weighted by Gasteiger charge is 2.44. The molecule has 2 aliphatic heterocycles. The molecule has 0 saturated carbocycles. The third-order valence-electron chi connectivity index (χ3n) is 6.40. The average molecular weight is 489 g/mol. The molecule has 176 valence electrons. The van der Waals surface area contributed by atoms with Gasteiger partial charge in [0.1, 0.15) is 22.7 Å². The summed E-state index contributed by atoms with van der Waals surface area (Å²) in [6, 6.07) is 14.3. The molecule has 2 aliphatic rings. The van der Waals surface area contributed by atoms with Gasteiger partial charge in [0.15, 0.2) is 5.78 Å². The highest BCUT2D eigenvalue weighted by atomic mass is 35.5. The van der Waals surface area contributed by atoms with Crippen molar-refractivity contribution in [3.8, 4) is 11.5 Å². The second-order valence-electron chi connectivity index (χ2n) is 8.68. The molecule has 0 unspecified atom stereocenters. The van der Waals surface area contributed by atoms with Crippen LogP contribution in [0.3, 0.4) is 0 Å². The van der Waals surface area contributed by atoms with Crippen molar-refractivity contribution in [3.05, 3.63) is 77.1 Å². The molecule has 9 heteroatoms. The number of H-pyrrole nitrogens is 1. The SMILES string of the molecule is O=C(c1ccc(Oc2ccccc2)cc1Cl)c1c[nH]c2ncc3c(c12)N[C@]1(CCCOC1)C(=O)N3. The predicted octanol–water partition coefficient (Wildman–Crippen LogP) is 5.15. The third-order valence-corrected chi connectivity index (χ3v) is 6.71. The van der Waals surface area contributed by atoms with E-state index in [0.29, 0.717) is 58.1 Å². The Labute approximate surface area is 205 Å². The first-order valence-electron chi connectivity index (χ1n) is 11.3. The Bertz CT molecular complexity index is 1460. The van der Waals surface area contributed by atoms with Crippen LogP contribution < -0.4 is 15.4 Å². The van der Waals surface area contributed by atoms with Crippen molar-refractivity contribution < 1.29 is 19.1 Å². The van der Waals surface area contributed by atoms with Gasteiger partial charge in [-0.05, 0) is 37.1 Å². The molecule has 1 amide bonds. The molecule has 2 aromatic carbocycles. The fourth-order valence-corrected chi connectivity index (χ4v) is 4.88. The topological polar surface area (TPSA) is 105 Å². The van der Waals surface area contributed by atoms with E-state index in [2.05, 4.69) is 20.6 Å². The summed E-state index contributed by atoms with van der Waals surface area (Å²) in [6.07, 6.45) is 4.58. The second-order valence-corrected chi connectivity index (χ2v) is 9.08. The van der Waals surface area contributed by atoms with Gasteiger partial charge >= 0.3 is 0 Å². The zero-order valence-electron chi connectivity index (χ0n) is 18.6. The van der Waals surface area contributed by atoms with Crippen molar-refractivity contribution in [2.24, 2.45) is 0 Å². The van der Waals surface area contributed by atoms with E-state index < -0.39 is 5.54 Å². The monoisotopic (exact) mass is 488 g/mol. The van der Waals surface area contributed by atoms with E-state index in [1.54, 1.807) is 30.6 Å². The number of hydrogen-bond acceptors (Lipinski definition) is 6. The van der Waals surface area contributed by atoms with Crippen LogP contribution in [0.25, 0.3) is 11.0 Å². The number of nitrogens with zero attached hydrogens (tertiary/aromatic N) is 1. The summed E-state index contributed by atoms with van der Waals surface area (Å²) in [5.41, 5.74) is 1.54. The summed E-state index contributed by atoms with van der Waals surface area (Å²) in [5, 5.41) is 7.19. The number of fused-ring (bicyclic) bond motifs is 3. The molecule has 4 heterocycles. The van der Waals surface area contributed by atoms with E-state index in [1.807, 2.05) is 30.3 Å². The number of aromatic amines is 1. The zero-order valence-corrected chi connectivity index (χ0v) is 19.3. The first-order valence-corrected chi connectivity index (χ1v) is 11.7. The predicted molar refractivity (Wildman–Crippen MR) is 133 cm³/mol. The van der Waals surface area contributed by atoms with Gasteiger partial charge in [-0.25, -0.2) is 4.98 Å². The van der Waals surface area contributed by atoms with E-state index in [4.69, 9.17) is 21.1 Å². The van der Waals surface area contributed by atoms with Crippen LogP contribution in [-0.4, -0.2) is 40.4 Å². The van der Waals surface area contributed by atoms with Crippen molar-refractivity contribution in [1.82, 2.24) is 9.97 Å². The van der Waals surface area contributed by atoms with Crippen molar-refractivity contribution in [3.63, 3.8) is 0 Å². The highest BCUT2D eigenvalue weighted by Crippen LogP contribution is 2.41. The molecule has 0 bridgehead atoms. The van der Waals surface area contributed by atoms with Gasteiger partial charge in [0.25, 0.3) is 5.91 Å². The fourth-order valence-electron chi connectivity index (χ4n) is 4.62. The Morgan fingerprint density at radius 1 is 1.11 bits per heavy atom. The van der Waals surface area contributed by atoms with Crippen LogP contribution in [0.5, 0.6) is 11.5 Å². The van der Waals surface area contributed by atoms with Crippen LogP contribution in [0.4, 0.5) is 11.4 Å². The Hall–Kier alpha value is -3.88. The molecule has 4 aromatic rings. The number of benzene rings is 2. The van der Waals surface area contributed by atoms with Crippen LogP contribution in [-0.2, 0) is 9.53 Å². The number of carbonyl (C=O) groups is 2. The molecular formula is C26H21ClN4O4. The van der Waals surface area contributed by atoms with Gasteiger partial charge in [0, 0.05) is 24.4 Å². The van der Waals surface area contributed by atoms with Crippen molar-refractivity contribution >= 4 is 45.7 Å². The standard InChI is InChI=1S/C26H21ClN4O4/c27-19-11-16(35-15-5-2-1-3-6-15)7-8-17(19)23(32)18-12-28-24-21(18)22-20(13-29-24)30-25(33)26(31-22)9-4-10-34-14-26/h1-3,5-8,11-13,31H,4,9-10,14H2,(H,28,29)(H,30,33)/t26-/m0/s1. The molecule has 1 atom stereocenters. The number of carbonyl (C=O) groups excluding carboxylic acids is 2. The van der Waals surface area contributed by atoms with Crippen molar-refractivity contribution in [1.29, 1.82) is 0 Å². The van der Waals surface area contributed by atoms with Gasteiger partial charge in [-0.1, -0.05) is 29.8 Å². The van der Waals surface area contributed by atoms with Gasteiger partial charge in [0.05, 0.1) is 40.2 Å². The first-order chi connectivity index (χ1) is 17.0. The van der Waals surface area contributed by atoms with Gasteiger partial charge in [0.2, 0.25) is 0 Å². The van der Waals surface area contributed by atoms with Crippen molar-refractivity contribution in [2.75, 3.05) is 23.8 Å². The van der Waals surface area contributed by atoms with E-state index >= 15 is 0 Å². The Balaban J connectivity index is 1.37. The lowest BCUT2D eigenvalue weighted by Gasteiger charge is -2.41. The lowest BCUT2D eigenvalue weighted by Crippen LogP contribution is -2.57. The highest BCUT2D eigenvalue weighted by molar-refractivity contribution is 6.36. The summed E-state index contributed by atoms with van der Waals surface area (Å²) >= 11 is 6.52. The number of anilines is 2. The van der Waals surface area contributed by atoms with Gasteiger partial charge in [-0.15, -0.1) is 0 Å². The van der Waals surface area contributed by atoms with Crippen LogP contribution in [0, 0.1) is 0 Å². The van der Waals surface area contributed by atoms with E-state index in [9.17, 15) is 9.59 Å². The maximum Gasteiger partial charge on any atom is 0.252 e. The van der Waals surface area contributed by atoms with Gasteiger partial charge in [-0.2, -0.15) is 0 Å². The minimum atomic E-state index is -0.884. The number of ketones is 1. The lowest BCUT2D eigenvalue weighted by atomic mass is 9.88. The third kappa shape index (κ3) is 3.71. The molecule has 2 aromatic heterocycles. The van der Waals surface area contributed by atoms with E-state index in [1.165, 1.54) is 0 Å². The number of aromatic nitrogens is 2. The van der Waals surface area contributed by atoms with Crippen LogP contribution >= 0.6 is 11.6 Å². The number of nitrogens with one attached hydrogen (secondary N) is 3. The fraction of sp³-hybridized carbons (Fsp3) is 0.192. The molecule has 35 heavy (non-hydrogen) atoms. The quantitative estimate of drug-likeness (QED) is 0.343. The zero-order chi connectivity index (χ0) is 24.0. The number of pyridine rings is 1. The Morgan fingerprint density at radius 2 is 1.97 bits per heavy atom. The molecule has 0 radical (unpaired) electrons. The Kier molecular flexibility index (Phi) is 5.20. The molecule has 6 rings (SSSR count). The molecule has 1 saturated heterocycles. The normalized spacial score (nSPS) is 19.2. The van der Waals surface area contributed by atoms with Gasteiger partial charge in [-0.3, -0.25) is 9.59 Å². The van der Waals surface area contributed by atoms with Gasteiger partial charge < -0.3 is 25.1 Å². The molecule has 3 N–H and O–H groups in total. The van der Waals surface area contributed by atoms with Crippen LogP contribution in [0.2, 0.25) is 5.02 Å². The van der Waals surface area contributed by atoms with Crippen LogP contribution in [0.1, 0.15) is 28.8 Å². The summed E-state index contributed by atoms with van der Waals surface area (Å²) in [5.74, 6) is 0.770. The largest absolute Gasteiger partial charge is 0.457 e. The van der Waals surface area contributed by atoms with E-state index in [0.717, 1.165) is 6.42 Å². The molecular weight excluding hydrogens is 468 g/mol. The Morgan fingerprint density at radius 3 is 2.74 bits per heavy atom. The lowest BCUT2D eigenvalue weighted by molar-refractivity contribution is -0.124. The summed E-state index contributed by atoms with van der Waals surface area (Å²) in [6.45, 7) is 0.871.